The van der Waals surface area contributed by atoms with Gasteiger partial charge in [-0.3, -0.25) is 0 Å². The predicted octanol–water partition coefficient (Wildman–Crippen LogP) is 4.84. The van der Waals surface area contributed by atoms with Gasteiger partial charge in [-0.15, -0.1) is 0 Å². The van der Waals surface area contributed by atoms with Gasteiger partial charge in [-0.2, -0.15) is 0 Å². The molecule has 0 radical (unpaired) electrons. The molecule has 0 amide bonds. The summed E-state index contributed by atoms with van der Waals surface area (Å²) < 4.78 is 20.4. The van der Waals surface area contributed by atoms with Gasteiger partial charge in [0.2, 0.25) is 0 Å². The smallest absolute Gasteiger partial charge is 0.148 e. The van der Waals surface area contributed by atoms with E-state index in [-0.39, 0.29) is 17.7 Å². The topological polar surface area (TPSA) is 35.2 Å². The van der Waals surface area contributed by atoms with Gasteiger partial charge < -0.3 is 10.5 Å². The lowest BCUT2D eigenvalue weighted by molar-refractivity contribution is 0.295. The highest BCUT2D eigenvalue weighted by molar-refractivity contribution is 9.10. The Balaban J connectivity index is 2.22. The number of hydrogen-bond donors (Lipinski definition) is 1. The van der Waals surface area contributed by atoms with Gasteiger partial charge in [0, 0.05) is 21.6 Å². The fourth-order valence-corrected chi connectivity index (χ4v) is 2.36. The van der Waals surface area contributed by atoms with E-state index in [1.54, 1.807) is 12.1 Å². The summed E-state index contributed by atoms with van der Waals surface area (Å²) >= 11 is 9.13. The Labute approximate surface area is 130 Å². The van der Waals surface area contributed by atoms with E-state index in [9.17, 15) is 4.39 Å². The number of hydrogen-bond acceptors (Lipinski definition) is 2. The molecule has 0 aliphatic carbocycles. The molecule has 0 unspecified atom stereocenters. The van der Waals surface area contributed by atoms with Crippen molar-refractivity contribution in [2.24, 2.45) is 5.73 Å². The maximum absolute atomic E-state index is 13.8. The first-order valence-electron chi connectivity index (χ1n) is 6.09. The number of halogens is 3. The van der Waals surface area contributed by atoms with Gasteiger partial charge >= 0.3 is 0 Å². The van der Waals surface area contributed by atoms with Crippen molar-refractivity contribution < 1.29 is 9.13 Å². The van der Waals surface area contributed by atoms with E-state index >= 15 is 0 Å². The third kappa shape index (κ3) is 3.51. The van der Waals surface area contributed by atoms with E-state index in [0.29, 0.717) is 11.3 Å². The van der Waals surface area contributed by atoms with E-state index in [2.05, 4.69) is 15.9 Å². The molecule has 0 aromatic heterocycles. The summed E-state index contributed by atoms with van der Waals surface area (Å²) in [4.78, 5) is 0. The van der Waals surface area contributed by atoms with Crippen molar-refractivity contribution in [1.29, 1.82) is 0 Å². The highest BCUT2D eigenvalue weighted by Gasteiger charge is 2.11. The molecule has 0 saturated heterocycles. The Kier molecular flexibility index (Phi) is 5.02. The Hall–Kier alpha value is -1.10. The molecule has 2 aromatic carbocycles. The molecule has 0 bridgehead atoms. The Morgan fingerprint density at radius 1 is 1.35 bits per heavy atom. The minimum atomic E-state index is -0.452. The molecule has 0 aliphatic heterocycles. The highest BCUT2D eigenvalue weighted by Crippen LogP contribution is 2.29. The van der Waals surface area contributed by atoms with Crippen molar-refractivity contribution in [3.05, 3.63) is 62.8 Å². The van der Waals surface area contributed by atoms with Gasteiger partial charge in [0.1, 0.15) is 18.2 Å². The van der Waals surface area contributed by atoms with Crippen LogP contribution in [0.2, 0.25) is 5.02 Å². The summed E-state index contributed by atoms with van der Waals surface area (Å²) in [6.45, 7) is 1.97. The van der Waals surface area contributed by atoms with E-state index in [1.807, 2.05) is 25.1 Å². The van der Waals surface area contributed by atoms with Crippen LogP contribution >= 0.6 is 27.5 Å². The van der Waals surface area contributed by atoms with Crippen molar-refractivity contribution in [2.45, 2.75) is 19.6 Å². The second-order valence-corrected chi connectivity index (χ2v) is 5.80. The van der Waals surface area contributed by atoms with Crippen molar-refractivity contribution >= 4 is 27.5 Å². The average Bonchev–Trinajstić information content (AvgIpc) is 2.40. The number of nitrogens with two attached hydrogens (primary N) is 1. The minimum absolute atomic E-state index is 0.0905. The summed E-state index contributed by atoms with van der Waals surface area (Å²) in [6, 6.07) is 10.3. The normalized spacial score (nSPS) is 12.2. The van der Waals surface area contributed by atoms with Crippen LogP contribution in [0.15, 0.2) is 40.9 Å². The van der Waals surface area contributed by atoms with Crippen molar-refractivity contribution in [1.82, 2.24) is 0 Å². The second kappa shape index (κ2) is 6.57. The molecular weight excluding hydrogens is 345 g/mol. The van der Waals surface area contributed by atoms with Crippen LogP contribution in [-0.4, -0.2) is 0 Å². The SMILES string of the molecule is C[C@@H](N)c1ccc(Br)cc1OCc1cccc(Cl)c1F. The molecule has 2 nitrogen and oxygen atoms in total. The summed E-state index contributed by atoms with van der Waals surface area (Å²) in [6.07, 6.45) is 0. The summed E-state index contributed by atoms with van der Waals surface area (Å²) in [5.74, 6) is 0.181. The molecular formula is C15H14BrClFNO. The van der Waals surface area contributed by atoms with Crippen LogP contribution in [0.25, 0.3) is 0 Å². The quantitative estimate of drug-likeness (QED) is 0.848. The van der Waals surface area contributed by atoms with E-state index in [4.69, 9.17) is 22.1 Å². The van der Waals surface area contributed by atoms with Gasteiger partial charge in [-0.05, 0) is 25.1 Å². The van der Waals surface area contributed by atoms with Crippen LogP contribution in [0, 0.1) is 5.82 Å². The number of rotatable bonds is 4. The molecule has 0 fully saturated rings. The molecule has 1 atom stereocenters. The molecule has 0 spiro atoms. The molecule has 2 aromatic rings. The summed E-state index contributed by atoms with van der Waals surface area (Å²) in [5.41, 5.74) is 7.18. The average molecular weight is 359 g/mol. The van der Waals surface area contributed by atoms with Gasteiger partial charge in [0.05, 0.1) is 5.02 Å². The zero-order chi connectivity index (χ0) is 14.7. The fourth-order valence-electron chi connectivity index (χ4n) is 1.82. The van der Waals surface area contributed by atoms with Gasteiger partial charge in [-0.25, -0.2) is 4.39 Å². The van der Waals surface area contributed by atoms with Gasteiger partial charge in [0.25, 0.3) is 0 Å². The molecule has 0 aliphatic rings. The first-order valence-corrected chi connectivity index (χ1v) is 7.27. The Morgan fingerprint density at radius 3 is 2.80 bits per heavy atom. The maximum Gasteiger partial charge on any atom is 0.148 e. The fraction of sp³-hybridized carbons (Fsp3) is 0.200. The van der Waals surface area contributed by atoms with Crippen LogP contribution in [0.4, 0.5) is 4.39 Å². The lowest BCUT2D eigenvalue weighted by Gasteiger charge is -2.15. The van der Waals surface area contributed by atoms with E-state index < -0.39 is 5.82 Å². The molecule has 0 saturated carbocycles. The zero-order valence-corrected chi connectivity index (χ0v) is 13.2. The molecule has 2 rings (SSSR count). The monoisotopic (exact) mass is 357 g/mol. The first-order chi connectivity index (χ1) is 9.49. The Morgan fingerprint density at radius 2 is 2.10 bits per heavy atom. The number of ether oxygens (including phenoxy) is 1. The lowest BCUT2D eigenvalue weighted by atomic mass is 10.1. The van der Waals surface area contributed by atoms with Crippen molar-refractivity contribution in [2.75, 3.05) is 0 Å². The largest absolute Gasteiger partial charge is 0.488 e. The molecule has 2 N–H and O–H groups in total. The third-order valence-electron chi connectivity index (χ3n) is 2.88. The molecule has 0 heterocycles. The highest BCUT2D eigenvalue weighted by atomic mass is 79.9. The Bertz CT molecular complexity index is 619. The van der Waals surface area contributed by atoms with E-state index in [0.717, 1.165) is 10.0 Å². The predicted molar refractivity (Wildman–Crippen MR) is 82.5 cm³/mol. The van der Waals surface area contributed by atoms with Crippen molar-refractivity contribution in [3.8, 4) is 5.75 Å². The summed E-state index contributed by atoms with van der Waals surface area (Å²) in [7, 11) is 0. The lowest BCUT2D eigenvalue weighted by Crippen LogP contribution is -2.08. The number of benzene rings is 2. The van der Waals surface area contributed by atoms with Crippen LogP contribution in [-0.2, 0) is 6.61 Å². The van der Waals surface area contributed by atoms with E-state index in [1.165, 1.54) is 6.07 Å². The standard InChI is InChI=1S/C15H14BrClFNO/c1-9(19)12-6-5-11(16)7-14(12)20-8-10-3-2-4-13(17)15(10)18/h2-7,9H,8,19H2,1H3/t9-/m1/s1. The minimum Gasteiger partial charge on any atom is -0.488 e. The molecule has 20 heavy (non-hydrogen) atoms. The van der Waals surface area contributed by atoms with Gasteiger partial charge in [-0.1, -0.05) is 45.7 Å². The zero-order valence-electron chi connectivity index (χ0n) is 10.9. The molecule has 5 heteroatoms. The van der Waals surface area contributed by atoms with Crippen LogP contribution < -0.4 is 10.5 Å². The van der Waals surface area contributed by atoms with Crippen LogP contribution in [0.5, 0.6) is 5.75 Å². The summed E-state index contributed by atoms with van der Waals surface area (Å²) in [5, 5.41) is 0.0905. The van der Waals surface area contributed by atoms with Crippen LogP contribution in [0.3, 0.4) is 0 Å². The van der Waals surface area contributed by atoms with Crippen molar-refractivity contribution in [3.63, 3.8) is 0 Å². The first kappa shape index (κ1) is 15.3. The van der Waals surface area contributed by atoms with Gasteiger partial charge in [0.15, 0.2) is 0 Å². The molecule has 106 valence electrons. The van der Waals surface area contributed by atoms with Crippen LogP contribution in [0.1, 0.15) is 24.1 Å². The maximum atomic E-state index is 13.8. The third-order valence-corrected chi connectivity index (χ3v) is 3.67. The second-order valence-electron chi connectivity index (χ2n) is 4.47.